The van der Waals surface area contributed by atoms with E-state index in [-0.39, 0.29) is 0 Å². The zero-order valence-electron chi connectivity index (χ0n) is 13.1. The summed E-state index contributed by atoms with van der Waals surface area (Å²) in [6.07, 6.45) is 4.59. The van der Waals surface area contributed by atoms with Crippen LogP contribution in [0.4, 0.5) is 5.69 Å². The largest absolute Gasteiger partial charge is 0.381 e. The molecule has 2 unspecified atom stereocenters. The molecule has 3 nitrogen and oxygen atoms in total. The Morgan fingerprint density at radius 3 is 2.52 bits per heavy atom. The molecule has 5 heteroatoms. The molecule has 1 aromatic carbocycles. The number of rotatable bonds is 3. The zero-order valence-corrected chi connectivity index (χ0v) is 14.7. The summed E-state index contributed by atoms with van der Waals surface area (Å²) in [7, 11) is -3.22. The highest BCUT2D eigenvalue weighted by atomic mass is 35.5. The SMILES string of the molecule is CC1CC(Nc2cc(S(C)(=O)=O)ccc2Cl)CC(C)(C)C1. The highest BCUT2D eigenvalue weighted by Gasteiger charge is 2.32. The lowest BCUT2D eigenvalue weighted by Crippen LogP contribution is -2.35. The maximum absolute atomic E-state index is 11.7. The normalized spacial score (nSPS) is 25.6. The van der Waals surface area contributed by atoms with Crippen molar-refractivity contribution in [2.24, 2.45) is 11.3 Å². The fraction of sp³-hybridized carbons (Fsp3) is 0.625. The Morgan fingerprint density at radius 1 is 1.29 bits per heavy atom. The molecule has 0 aliphatic heterocycles. The molecule has 0 bridgehead atoms. The van der Waals surface area contributed by atoms with Crippen LogP contribution in [0.5, 0.6) is 0 Å². The monoisotopic (exact) mass is 329 g/mol. The molecule has 0 radical (unpaired) electrons. The van der Waals surface area contributed by atoms with E-state index in [1.54, 1.807) is 18.2 Å². The van der Waals surface area contributed by atoms with Gasteiger partial charge in [0.1, 0.15) is 0 Å². The second-order valence-corrected chi connectivity index (χ2v) is 9.59. The molecule has 0 spiro atoms. The molecule has 0 amide bonds. The Labute approximate surface area is 133 Å². The van der Waals surface area contributed by atoms with Gasteiger partial charge in [0.15, 0.2) is 9.84 Å². The first-order valence-corrected chi connectivity index (χ1v) is 9.60. The number of sulfone groups is 1. The summed E-state index contributed by atoms with van der Waals surface area (Å²) in [6.45, 7) is 6.84. The van der Waals surface area contributed by atoms with Crippen LogP contribution >= 0.6 is 11.6 Å². The van der Waals surface area contributed by atoms with E-state index in [1.807, 2.05) is 0 Å². The van der Waals surface area contributed by atoms with E-state index in [1.165, 1.54) is 12.7 Å². The van der Waals surface area contributed by atoms with Crippen LogP contribution in [-0.4, -0.2) is 20.7 Å². The molecule has 2 rings (SSSR count). The fourth-order valence-corrected chi connectivity index (χ4v) is 4.34. The Bertz CT molecular complexity index is 625. The summed E-state index contributed by atoms with van der Waals surface area (Å²) in [5.41, 5.74) is 1.02. The van der Waals surface area contributed by atoms with E-state index in [2.05, 4.69) is 26.1 Å². The molecule has 0 aromatic heterocycles. The lowest BCUT2D eigenvalue weighted by Gasteiger charge is -2.39. The van der Waals surface area contributed by atoms with Crippen molar-refractivity contribution in [3.63, 3.8) is 0 Å². The van der Waals surface area contributed by atoms with E-state index in [4.69, 9.17) is 11.6 Å². The lowest BCUT2D eigenvalue weighted by atomic mass is 9.70. The van der Waals surface area contributed by atoms with Crippen molar-refractivity contribution in [1.29, 1.82) is 0 Å². The third-order valence-corrected chi connectivity index (χ3v) is 5.55. The Hall–Kier alpha value is -0.740. The lowest BCUT2D eigenvalue weighted by molar-refractivity contribution is 0.178. The number of nitrogens with one attached hydrogen (secondary N) is 1. The van der Waals surface area contributed by atoms with E-state index >= 15 is 0 Å². The smallest absolute Gasteiger partial charge is 0.175 e. The van der Waals surface area contributed by atoms with E-state index < -0.39 is 9.84 Å². The van der Waals surface area contributed by atoms with Crippen molar-refractivity contribution in [3.05, 3.63) is 23.2 Å². The first-order valence-electron chi connectivity index (χ1n) is 7.33. The highest BCUT2D eigenvalue weighted by Crippen LogP contribution is 2.40. The van der Waals surface area contributed by atoms with Gasteiger partial charge >= 0.3 is 0 Å². The van der Waals surface area contributed by atoms with Gasteiger partial charge in [0.05, 0.1) is 15.6 Å². The summed E-state index contributed by atoms with van der Waals surface area (Å²) in [6, 6.07) is 5.17. The molecule has 1 aliphatic carbocycles. The molecule has 1 aliphatic rings. The van der Waals surface area contributed by atoms with Crippen LogP contribution in [0, 0.1) is 11.3 Å². The quantitative estimate of drug-likeness (QED) is 0.895. The van der Waals surface area contributed by atoms with Gasteiger partial charge in [-0.05, 0) is 48.8 Å². The number of hydrogen-bond acceptors (Lipinski definition) is 3. The van der Waals surface area contributed by atoms with Gasteiger partial charge in [-0.15, -0.1) is 0 Å². The Kier molecular flexibility index (Phi) is 4.60. The second kappa shape index (κ2) is 5.81. The zero-order chi connectivity index (χ0) is 15.8. The van der Waals surface area contributed by atoms with Gasteiger partial charge in [-0.25, -0.2) is 8.42 Å². The minimum atomic E-state index is -3.22. The van der Waals surface area contributed by atoms with Crippen molar-refractivity contribution < 1.29 is 8.42 Å². The minimum Gasteiger partial charge on any atom is -0.381 e. The Morgan fingerprint density at radius 2 is 1.95 bits per heavy atom. The summed E-state index contributed by atoms with van der Waals surface area (Å²) < 4.78 is 23.3. The van der Waals surface area contributed by atoms with Gasteiger partial charge in [-0.3, -0.25) is 0 Å². The van der Waals surface area contributed by atoms with Gasteiger partial charge in [0.2, 0.25) is 0 Å². The van der Waals surface area contributed by atoms with Gasteiger partial charge in [-0.2, -0.15) is 0 Å². The predicted octanol–water partition coefficient (Wildman–Crippen LogP) is 4.37. The molecule has 0 saturated heterocycles. The maximum Gasteiger partial charge on any atom is 0.175 e. The van der Waals surface area contributed by atoms with Crippen LogP contribution in [0.2, 0.25) is 5.02 Å². The average molecular weight is 330 g/mol. The molecule has 0 heterocycles. The van der Waals surface area contributed by atoms with Crippen molar-refractivity contribution in [2.75, 3.05) is 11.6 Å². The van der Waals surface area contributed by atoms with Crippen molar-refractivity contribution in [3.8, 4) is 0 Å². The summed E-state index contributed by atoms with van der Waals surface area (Å²) >= 11 is 6.22. The second-order valence-electron chi connectivity index (χ2n) is 7.17. The predicted molar refractivity (Wildman–Crippen MR) is 88.8 cm³/mol. The standard InChI is InChI=1S/C16H24ClNO2S/c1-11-7-12(10-16(2,3)9-11)18-15-8-13(21(4,19)20)5-6-14(15)17/h5-6,8,11-12,18H,7,9-10H2,1-4H3. The summed E-state index contributed by atoms with van der Waals surface area (Å²) in [4.78, 5) is 0.303. The molecule has 2 atom stereocenters. The Balaban J connectivity index is 2.23. The maximum atomic E-state index is 11.7. The molecule has 118 valence electrons. The topological polar surface area (TPSA) is 46.2 Å². The highest BCUT2D eigenvalue weighted by molar-refractivity contribution is 7.90. The van der Waals surface area contributed by atoms with Crippen molar-refractivity contribution >= 4 is 27.1 Å². The molecular formula is C16H24ClNO2S. The number of benzene rings is 1. The van der Waals surface area contributed by atoms with Crippen LogP contribution < -0.4 is 5.32 Å². The first kappa shape index (κ1) is 16.6. The molecule has 1 fully saturated rings. The van der Waals surface area contributed by atoms with Gasteiger partial charge in [-0.1, -0.05) is 32.4 Å². The third kappa shape index (κ3) is 4.36. The van der Waals surface area contributed by atoms with Crippen molar-refractivity contribution in [2.45, 2.75) is 51.0 Å². The van der Waals surface area contributed by atoms with Crippen LogP contribution in [0.1, 0.15) is 40.0 Å². The molecule has 1 saturated carbocycles. The fourth-order valence-electron chi connectivity index (χ4n) is 3.52. The van der Waals surface area contributed by atoms with E-state index in [0.29, 0.717) is 27.3 Å². The molecule has 21 heavy (non-hydrogen) atoms. The number of halogens is 1. The summed E-state index contributed by atoms with van der Waals surface area (Å²) in [5, 5.41) is 4.02. The minimum absolute atomic E-state index is 0.302. The van der Waals surface area contributed by atoms with Crippen molar-refractivity contribution in [1.82, 2.24) is 0 Å². The van der Waals surface area contributed by atoms with Gasteiger partial charge in [0.25, 0.3) is 0 Å². The van der Waals surface area contributed by atoms with E-state index in [0.717, 1.165) is 18.5 Å². The molecule has 1 N–H and O–H groups in total. The van der Waals surface area contributed by atoms with Crippen LogP contribution in [0.15, 0.2) is 23.1 Å². The molecule has 1 aromatic rings. The number of anilines is 1. The third-order valence-electron chi connectivity index (χ3n) is 4.11. The first-order chi connectivity index (χ1) is 9.57. The number of hydrogen-bond donors (Lipinski definition) is 1. The van der Waals surface area contributed by atoms with Crippen LogP contribution in [0.3, 0.4) is 0 Å². The summed E-state index contributed by atoms with van der Waals surface area (Å²) in [5.74, 6) is 0.656. The van der Waals surface area contributed by atoms with Crippen LogP contribution in [-0.2, 0) is 9.84 Å². The van der Waals surface area contributed by atoms with Gasteiger partial charge < -0.3 is 5.32 Å². The van der Waals surface area contributed by atoms with E-state index in [9.17, 15) is 8.42 Å². The van der Waals surface area contributed by atoms with Gasteiger partial charge in [0, 0.05) is 12.3 Å². The average Bonchev–Trinajstić information content (AvgIpc) is 2.27. The molecular weight excluding hydrogens is 306 g/mol. The van der Waals surface area contributed by atoms with Crippen LogP contribution in [0.25, 0.3) is 0 Å².